The van der Waals surface area contributed by atoms with Crippen LogP contribution in [0.4, 0.5) is 5.69 Å². The van der Waals surface area contributed by atoms with E-state index in [9.17, 15) is 9.59 Å². The van der Waals surface area contributed by atoms with Gasteiger partial charge in [-0.1, -0.05) is 0 Å². The quantitative estimate of drug-likeness (QED) is 0.875. The standard InChI is InChI=1S/C16H24N2O3/c1-11(2)17-16(20)10-18(13(5)19)14-6-8-15(9-7-14)21-12(3)4/h6-9,11-12H,10H2,1-5H3,(H,17,20). The van der Waals surface area contributed by atoms with Crippen molar-refractivity contribution in [3.8, 4) is 5.75 Å². The lowest BCUT2D eigenvalue weighted by Gasteiger charge is -2.22. The zero-order valence-electron chi connectivity index (χ0n) is 13.3. The average Bonchev–Trinajstić information content (AvgIpc) is 2.35. The number of nitrogens with zero attached hydrogens (tertiary/aromatic N) is 1. The predicted octanol–water partition coefficient (Wildman–Crippen LogP) is 2.35. The van der Waals surface area contributed by atoms with Crippen molar-refractivity contribution in [3.05, 3.63) is 24.3 Å². The SMILES string of the molecule is CC(=O)N(CC(=O)NC(C)C)c1ccc(OC(C)C)cc1. The zero-order valence-corrected chi connectivity index (χ0v) is 13.3. The Labute approximate surface area is 126 Å². The maximum atomic E-state index is 11.8. The minimum Gasteiger partial charge on any atom is -0.491 e. The van der Waals surface area contributed by atoms with Gasteiger partial charge in [-0.05, 0) is 52.0 Å². The third-order valence-electron chi connectivity index (χ3n) is 2.65. The van der Waals surface area contributed by atoms with Crippen molar-refractivity contribution in [2.24, 2.45) is 0 Å². The van der Waals surface area contributed by atoms with Crippen LogP contribution in [0.1, 0.15) is 34.6 Å². The molecule has 1 N–H and O–H groups in total. The molecule has 1 rings (SSSR count). The lowest BCUT2D eigenvalue weighted by Crippen LogP contribution is -2.42. The first kappa shape index (κ1) is 17.0. The van der Waals surface area contributed by atoms with Crippen LogP contribution in [-0.4, -0.2) is 30.5 Å². The largest absolute Gasteiger partial charge is 0.491 e. The minimum atomic E-state index is -0.178. The Kier molecular flexibility index (Phi) is 6.21. The Morgan fingerprint density at radius 2 is 1.71 bits per heavy atom. The van der Waals surface area contributed by atoms with Crippen molar-refractivity contribution in [1.82, 2.24) is 5.32 Å². The fraction of sp³-hybridized carbons (Fsp3) is 0.500. The maximum Gasteiger partial charge on any atom is 0.240 e. The van der Waals surface area contributed by atoms with Crippen LogP contribution < -0.4 is 15.0 Å². The third-order valence-corrected chi connectivity index (χ3v) is 2.65. The summed E-state index contributed by atoms with van der Waals surface area (Å²) in [6.45, 7) is 9.12. The zero-order chi connectivity index (χ0) is 16.0. The summed E-state index contributed by atoms with van der Waals surface area (Å²) in [4.78, 5) is 25.0. The van der Waals surface area contributed by atoms with Gasteiger partial charge in [0.1, 0.15) is 12.3 Å². The van der Waals surface area contributed by atoms with Gasteiger partial charge in [-0.25, -0.2) is 0 Å². The molecule has 0 spiro atoms. The van der Waals surface area contributed by atoms with Crippen molar-refractivity contribution < 1.29 is 14.3 Å². The Morgan fingerprint density at radius 1 is 1.14 bits per heavy atom. The molecular formula is C16H24N2O3. The highest BCUT2D eigenvalue weighted by molar-refractivity contribution is 5.97. The molecule has 2 amide bonds. The summed E-state index contributed by atoms with van der Waals surface area (Å²) in [7, 11) is 0. The molecule has 5 nitrogen and oxygen atoms in total. The smallest absolute Gasteiger partial charge is 0.240 e. The summed E-state index contributed by atoms with van der Waals surface area (Å²) >= 11 is 0. The molecule has 0 aromatic heterocycles. The normalized spacial score (nSPS) is 10.6. The van der Waals surface area contributed by atoms with Gasteiger partial charge in [-0.15, -0.1) is 0 Å². The fourth-order valence-electron chi connectivity index (χ4n) is 1.87. The van der Waals surface area contributed by atoms with Crippen molar-refractivity contribution in [2.75, 3.05) is 11.4 Å². The predicted molar refractivity (Wildman–Crippen MR) is 83.5 cm³/mol. The van der Waals surface area contributed by atoms with Crippen molar-refractivity contribution in [2.45, 2.75) is 46.8 Å². The van der Waals surface area contributed by atoms with E-state index >= 15 is 0 Å². The number of carbonyl (C=O) groups is 2. The topological polar surface area (TPSA) is 58.6 Å². The van der Waals surface area contributed by atoms with Crippen LogP contribution in [0.25, 0.3) is 0 Å². The van der Waals surface area contributed by atoms with Crippen LogP contribution in [-0.2, 0) is 9.59 Å². The second kappa shape index (κ2) is 7.67. The lowest BCUT2D eigenvalue weighted by atomic mass is 10.2. The summed E-state index contributed by atoms with van der Waals surface area (Å²) in [5.74, 6) is 0.387. The van der Waals surface area contributed by atoms with Crippen LogP contribution in [0.3, 0.4) is 0 Å². The monoisotopic (exact) mass is 292 g/mol. The third kappa shape index (κ3) is 5.85. The Bertz CT molecular complexity index is 481. The van der Waals surface area contributed by atoms with Gasteiger partial charge in [0.2, 0.25) is 11.8 Å². The molecular weight excluding hydrogens is 268 g/mol. The molecule has 0 unspecified atom stereocenters. The number of rotatable bonds is 6. The number of carbonyl (C=O) groups excluding carboxylic acids is 2. The van der Waals surface area contributed by atoms with Crippen molar-refractivity contribution in [1.29, 1.82) is 0 Å². The highest BCUT2D eigenvalue weighted by Crippen LogP contribution is 2.20. The van der Waals surface area contributed by atoms with Crippen LogP contribution >= 0.6 is 0 Å². The van der Waals surface area contributed by atoms with Crippen LogP contribution in [0.15, 0.2) is 24.3 Å². The molecule has 0 atom stereocenters. The number of nitrogens with one attached hydrogen (secondary N) is 1. The molecule has 0 saturated heterocycles. The number of hydrogen-bond acceptors (Lipinski definition) is 3. The van der Waals surface area contributed by atoms with Gasteiger partial charge in [-0.3, -0.25) is 9.59 Å². The van der Waals surface area contributed by atoms with Gasteiger partial charge in [0.05, 0.1) is 6.10 Å². The molecule has 0 aliphatic heterocycles. The molecule has 0 bridgehead atoms. The van der Waals surface area contributed by atoms with E-state index < -0.39 is 0 Å². The molecule has 5 heteroatoms. The molecule has 1 aromatic rings. The highest BCUT2D eigenvalue weighted by Gasteiger charge is 2.16. The van der Waals surface area contributed by atoms with Crippen LogP contribution in [0, 0.1) is 0 Å². The number of anilines is 1. The van der Waals surface area contributed by atoms with E-state index in [1.165, 1.54) is 11.8 Å². The van der Waals surface area contributed by atoms with E-state index in [0.717, 1.165) is 5.75 Å². The van der Waals surface area contributed by atoms with Crippen molar-refractivity contribution in [3.63, 3.8) is 0 Å². The first-order chi connectivity index (χ1) is 9.79. The molecule has 1 aromatic carbocycles. The van der Waals surface area contributed by atoms with Gasteiger partial charge in [0.15, 0.2) is 0 Å². The molecule has 116 valence electrons. The number of hydrogen-bond donors (Lipinski definition) is 1. The van der Waals surface area contributed by atoms with E-state index in [4.69, 9.17) is 4.74 Å². The fourth-order valence-corrected chi connectivity index (χ4v) is 1.87. The first-order valence-corrected chi connectivity index (χ1v) is 7.13. The Balaban J connectivity index is 2.81. The van der Waals surface area contributed by atoms with Crippen LogP contribution in [0.2, 0.25) is 0 Å². The van der Waals surface area contributed by atoms with Crippen LogP contribution in [0.5, 0.6) is 5.75 Å². The maximum absolute atomic E-state index is 11.8. The Hall–Kier alpha value is -2.04. The summed E-state index contributed by atoms with van der Waals surface area (Å²) in [5, 5.41) is 2.78. The van der Waals surface area contributed by atoms with E-state index in [2.05, 4.69) is 5.32 Å². The van der Waals surface area contributed by atoms with E-state index in [-0.39, 0.29) is 30.5 Å². The average molecular weight is 292 g/mol. The van der Waals surface area contributed by atoms with Gasteiger partial charge in [0, 0.05) is 18.7 Å². The first-order valence-electron chi connectivity index (χ1n) is 7.13. The van der Waals surface area contributed by atoms with Gasteiger partial charge in [0.25, 0.3) is 0 Å². The van der Waals surface area contributed by atoms with E-state index in [1.54, 1.807) is 24.3 Å². The van der Waals surface area contributed by atoms with Gasteiger partial charge < -0.3 is 15.0 Å². The van der Waals surface area contributed by atoms with Gasteiger partial charge in [-0.2, -0.15) is 0 Å². The molecule has 0 heterocycles. The lowest BCUT2D eigenvalue weighted by molar-refractivity contribution is -0.123. The molecule has 0 aliphatic rings. The van der Waals surface area contributed by atoms with E-state index in [0.29, 0.717) is 5.69 Å². The second-order valence-electron chi connectivity index (χ2n) is 5.49. The summed E-state index contributed by atoms with van der Waals surface area (Å²) in [6.07, 6.45) is 0.0941. The van der Waals surface area contributed by atoms with E-state index in [1.807, 2.05) is 27.7 Å². The summed E-state index contributed by atoms with van der Waals surface area (Å²) < 4.78 is 5.56. The molecule has 0 saturated carbocycles. The highest BCUT2D eigenvalue weighted by atomic mass is 16.5. The number of benzene rings is 1. The minimum absolute atomic E-state index is 0.0118. The summed E-state index contributed by atoms with van der Waals surface area (Å²) in [6, 6.07) is 7.20. The molecule has 21 heavy (non-hydrogen) atoms. The van der Waals surface area contributed by atoms with Gasteiger partial charge >= 0.3 is 0 Å². The second-order valence-corrected chi connectivity index (χ2v) is 5.49. The molecule has 0 aliphatic carbocycles. The van der Waals surface area contributed by atoms with Crippen molar-refractivity contribution >= 4 is 17.5 Å². The number of ether oxygens (including phenoxy) is 1. The molecule has 0 fully saturated rings. The Morgan fingerprint density at radius 3 is 2.14 bits per heavy atom. The molecule has 0 radical (unpaired) electrons. The summed E-state index contributed by atoms with van der Waals surface area (Å²) in [5.41, 5.74) is 0.678. The number of amides is 2.